The van der Waals surface area contributed by atoms with Gasteiger partial charge in [0.25, 0.3) is 0 Å². The van der Waals surface area contributed by atoms with Gasteiger partial charge in [-0.05, 0) is 26.7 Å². The third kappa shape index (κ3) is 3.46. The summed E-state index contributed by atoms with van der Waals surface area (Å²) in [7, 11) is 0. The molecule has 0 saturated carbocycles. The molecule has 0 bridgehead atoms. The van der Waals surface area contributed by atoms with Gasteiger partial charge >= 0.3 is 0 Å². The molecule has 1 rings (SSSR count). The molecule has 0 aliphatic heterocycles. The molecule has 1 aromatic heterocycles. The molecule has 2 unspecified atom stereocenters. The summed E-state index contributed by atoms with van der Waals surface area (Å²) in [6.07, 6.45) is 3.22. The minimum absolute atomic E-state index is 0.284. The lowest BCUT2D eigenvalue weighted by molar-refractivity contribution is 0.347. The molecule has 0 aromatic carbocycles. The van der Waals surface area contributed by atoms with Gasteiger partial charge in [-0.1, -0.05) is 18.5 Å². The van der Waals surface area contributed by atoms with Gasteiger partial charge in [-0.3, -0.25) is 0 Å². The van der Waals surface area contributed by atoms with Crippen molar-refractivity contribution in [2.75, 3.05) is 0 Å². The van der Waals surface area contributed by atoms with Crippen LogP contribution in [-0.4, -0.2) is 16.2 Å². The van der Waals surface area contributed by atoms with Gasteiger partial charge in [-0.2, -0.15) is 4.98 Å². The summed E-state index contributed by atoms with van der Waals surface area (Å²) in [5.74, 6) is 1.79. The Hall–Kier alpha value is -0.900. The maximum Gasteiger partial charge on any atom is 0.229 e. The molecule has 4 nitrogen and oxygen atoms in total. The molecule has 2 atom stereocenters. The van der Waals surface area contributed by atoms with Crippen molar-refractivity contribution in [2.45, 2.75) is 52.0 Å². The predicted octanol–water partition coefficient (Wildman–Crippen LogP) is 2.00. The fourth-order valence-electron chi connectivity index (χ4n) is 1.38. The first-order valence-electron chi connectivity index (χ1n) is 5.15. The van der Waals surface area contributed by atoms with E-state index in [9.17, 15) is 0 Å². The molecule has 0 spiro atoms. The molecule has 0 fully saturated rings. The largest absolute Gasteiger partial charge is 0.339 e. The Morgan fingerprint density at radius 1 is 1.36 bits per heavy atom. The Morgan fingerprint density at radius 3 is 2.57 bits per heavy atom. The smallest absolute Gasteiger partial charge is 0.229 e. The van der Waals surface area contributed by atoms with Crippen LogP contribution >= 0.6 is 0 Å². The van der Waals surface area contributed by atoms with E-state index < -0.39 is 0 Å². The van der Waals surface area contributed by atoms with Crippen molar-refractivity contribution in [2.24, 2.45) is 5.73 Å². The Morgan fingerprint density at radius 2 is 2.07 bits per heavy atom. The summed E-state index contributed by atoms with van der Waals surface area (Å²) in [6.45, 7) is 5.97. The summed E-state index contributed by atoms with van der Waals surface area (Å²) in [4.78, 5) is 4.20. The zero-order valence-corrected chi connectivity index (χ0v) is 9.16. The van der Waals surface area contributed by atoms with E-state index in [-0.39, 0.29) is 6.04 Å². The van der Waals surface area contributed by atoms with E-state index in [0.717, 1.165) is 25.2 Å². The van der Waals surface area contributed by atoms with Crippen molar-refractivity contribution in [3.63, 3.8) is 0 Å². The zero-order chi connectivity index (χ0) is 10.6. The molecule has 2 N–H and O–H groups in total. The van der Waals surface area contributed by atoms with Gasteiger partial charge in [-0.15, -0.1) is 0 Å². The Kier molecular flexibility index (Phi) is 4.07. The molecule has 1 aromatic rings. The van der Waals surface area contributed by atoms with Crippen LogP contribution in [0.1, 0.15) is 50.7 Å². The van der Waals surface area contributed by atoms with E-state index in [1.54, 1.807) is 0 Å². The standard InChI is InChI=1S/C10H19N3O/c1-7(5-4-6-8(2)11)10-12-9(3)13-14-10/h7-8H,4-6,11H2,1-3H3. The number of nitrogens with zero attached hydrogens (tertiary/aromatic N) is 2. The highest BCUT2D eigenvalue weighted by atomic mass is 16.5. The van der Waals surface area contributed by atoms with Gasteiger partial charge in [-0.25, -0.2) is 0 Å². The molecule has 0 aliphatic carbocycles. The number of hydrogen-bond donors (Lipinski definition) is 1. The summed E-state index contributed by atoms with van der Waals surface area (Å²) in [6, 6.07) is 0.284. The number of nitrogens with two attached hydrogens (primary N) is 1. The summed E-state index contributed by atoms with van der Waals surface area (Å²) >= 11 is 0. The SMILES string of the molecule is Cc1noc(C(C)CCCC(C)N)n1. The van der Waals surface area contributed by atoms with Gasteiger partial charge in [0.2, 0.25) is 5.89 Å². The first-order valence-corrected chi connectivity index (χ1v) is 5.15. The maximum atomic E-state index is 5.67. The summed E-state index contributed by atoms with van der Waals surface area (Å²) < 4.78 is 5.09. The van der Waals surface area contributed by atoms with E-state index in [1.807, 2.05) is 13.8 Å². The maximum absolute atomic E-state index is 5.67. The van der Waals surface area contributed by atoms with Crippen molar-refractivity contribution in [3.8, 4) is 0 Å². The van der Waals surface area contributed by atoms with Crippen molar-refractivity contribution in [1.82, 2.24) is 10.1 Å². The van der Waals surface area contributed by atoms with E-state index in [0.29, 0.717) is 11.7 Å². The molecule has 1 heterocycles. The van der Waals surface area contributed by atoms with Crippen LogP contribution in [0.3, 0.4) is 0 Å². The summed E-state index contributed by atoms with van der Waals surface area (Å²) in [5, 5.41) is 3.77. The van der Waals surface area contributed by atoms with Crippen LogP contribution in [0.5, 0.6) is 0 Å². The van der Waals surface area contributed by atoms with Crippen LogP contribution in [0.15, 0.2) is 4.52 Å². The van der Waals surface area contributed by atoms with Gasteiger partial charge < -0.3 is 10.3 Å². The highest BCUT2D eigenvalue weighted by Crippen LogP contribution is 2.19. The second-order valence-electron chi connectivity index (χ2n) is 3.99. The number of aryl methyl sites for hydroxylation is 1. The molecular weight excluding hydrogens is 178 g/mol. The van der Waals surface area contributed by atoms with Crippen LogP contribution < -0.4 is 5.73 Å². The molecular formula is C10H19N3O. The van der Waals surface area contributed by atoms with Crippen molar-refractivity contribution < 1.29 is 4.52 Å². The monoisotopic (exact) mass is 197 g/mol. The molecule has 80 valence electrons. The highest BCUT2D eigenvalue weighted by Gasteiger charge is 2.12. The van der Waals surface area contributed by atoms with E-state index in [2.05, 4.69) is 17.1 Å². The van der Waals surface area contributed by atoms with Gasteiger partial charge in [0.15, 0.2) is 5.82 Å². The van der Waals surface area contributed by atoms with E-state index in [1.165, 1.54) is 0 Å². The molecule has 4 heteroatoms. The fraction of sp³-hybridized carbons (Fsp3) is 0.800. The lowest BCUT2D eigenvalue weighted by Gasteiger charge is -2.07. The topological polar surface area (TPSA) is 64.9 Å². The minimum Gasteiger partial charge on any atom is -0.339 e. The van der Waals surface area contributed by atoms with Crippen LogP contribution in [0, 0.1) is 6.92 Å². The average Bonchev–Trinajstić information content (AvgIpc) is 2.51. The second-order valence-corrected chi connectivity index (χ2v) is 3.99. The van der Waals surface area contributed by atoms with Gasteiger partial charge in [0.1, 0.15) is 0 Å². The lowest BCUT2D eigenvalue weighted by atomic mass is 10.0. The molecule has 14 heavy (non-hydrogen) atoms. The van der Waals surface area contributed by atoms with Crippen LogP contribution in [-0.2, 0) is 0 Å². The number of aromatic nitrogens is 2. The quantitative estimate of drug-likeness (QED) is 0.784. The van der Waals surface area contributed by atoms with E-state index >= 15 is 0 Å². The highest BCUT2D eigenvalue weighted by molar-refractivity contribution is 4.90. The first kappa shape index (κ1) is 11.2. The van der Waals surface area contributed by atoms with Crippen LogP contribution in [0.2, 0.25) is 0 Å². The molecule has 0 aliphatic rings. The van der Waals surface area contributed by atoms with Crippen LogP contribution in [0.25, 0.3) is 0 Å². The molecule has 0 saturated heterocycles. The molecule has 0 radical (unpaired) electrons. The fourth-order valence-corrected chi connectivity index (χ4v) is 1.38. The average molecular weight is 197 g/mol. The third-order valence-corrected chi connectivity index (χ3v) is 2.26. The van der Waals surface area contributed by atoms with Crippen molar-refractivity contribution in [3.05, 3.63) is 11.7 Å². The van der Waals surface area contributed by atoms with Crippen molar-refractivity contribution >= 4 is 0 Å². The van der Waals surface area contributed by atoms with Gasteiger partial charge in [0.05, 0.1) is 0 Å². The van der Waals surface area contributed by atoms with Crippen molar-refractivity contribution in [1.29, 1.82) is 0 Å². The zero-order valence-electron chi connectivity index (χ0n) is 9.16. The number of rotatable bonds is 5. The predicted molar refractivity (Wildman–Crippen MR) is 55.0 cm³/mol. The number of hydrogen-bond acceptors (Lipinski definition) is 4. The van der Waals surface area contributed by atoms with Crippen LogP contribution in [0.4, 0.5) is 0 Å². The normalized spacial score (nSPS) is 15.4. The third-order valence-electron chi connectivity index (χ3n) is 2.26. The Bertz CT molecular complexity index is 270. The lowest BCUT2D eigenvalue weighted by Crippen LogP contribution is -2.14. The Balaban J connectivity index is 2.32. The second kappa shape index (κ2) is 5.10. The minimum atomic E-state index is 0.284. The summed E-state index contributed by atoms with van der Waals surface area (Å²) in [5.41, 5.74) is 5.67. The van der Waals surface area contributed by atoms with Gasteiger partial charge in [0, 0.05) is 12.0 Å². The Labute approximate surface area is 84.9 Å². The molecule has 0 amide bonds. The first-order chi connectivity index (χ1) is 6.59. The van der Waals surface area contributed by atoms with E-state index in [4.69, 9.17) is 10.3 Å².